The first-order valence-corrected chi connectivity index (χ1v) is 8.86. The molecule has 5 heteroatoms. The van der Waals surface area contributed by atoms with Gasteiger partial charge in [0.15, 0.2) is 0 Å². The largest absolute Gasteiger partial charge is 0.493 e. The molecule has 3 amide bonds. The first-order valence-electron chi connectivity index (χ1n) is 8.86. The van der Waals surface area contributed by atoms with Crippen LogP contribution in [0.2, 0.25) is 0 Å². The number of carbonyl (C=O) groups is 2. The van der Waals surface area contributed by atoms with Crippen LogP contribution in [0.3, 0.4) is 0 Å². The Balaban J connectivity index is 1.52. The molecule has 0 radical (unpaired) electrons. The zero-order chi connectivity index (χ0) is 17.2. The van der Waals surface area contributed by atoms with Crippen LogP contribution >= 0.6 is 0 Å². The molecule has 2 aliphatic rings. The van der Waals surface area contributed by atoms with Crippen LogP contribution in [-0.4, -0.2) is 35.5 Å². The highest BCUT2D eigenvalue weighted by Crippen LogP contribution is 2.33. The summed E-state index contributed by atoms with van der Waals surface area (Å²) in [5.41, 5.74) is 1.63. The van der Waals surface area contributed by atoms with Gasteiger partial charge in [0.25, 0.3) is 5.91 Å². The molecule has 1 aliphatic heterocycles. The molecule has 0 unspecified atom stereocenters. The summed E-state index contributed by atoms with van der Waals surface area (Å²) in [6.07, 6.45) is 5.35. The smallest absolute Gasteiger partial charge is 0.325 e. The topological polar surface area (TPSA) is 58.6 Å². The Labute approximate surface area is 143 Å². The van der Waals surface area contributed by atoms with E-state index in [1.54, 1.807) is 0 Å². The predicted octanol–water partition coefficient (Wildman–Crippen LogP) is 3.33. The lowest BCUT2D eigenvalue weighted by atomic mass is 9.82. The average Bonchev–Trinajstić information content (AvgIpc) is 2.79. The summed E-state index contributed by atoms with van der Waals surface area (Å²) in [6.45, 7) is 4.95. The predicted molar refractivity (Wildman–Crippen MR) is 92.1 cm³/mol. The fourth-order valence-corrected chi connectivity index (χ4v) is 3.64. The van der Waals surface area contributed by atoms with Crippen LogP contribution in [0.15, 0.2) is 18.2 Å². The first kappa shape index (κ1) is 16.8. The number of nitrogens with one attached hydrogen (secondary N) is 1. The lowest BCUT2D eigenvalue weighted by Gasteiger charge is -2.30. The second kappa shape index (κ2) is 6.83. The average molecular weight is 330 g/mol. The van der Waals surface area contributed by atoms with Crippen molar-refractivity contribution < 1.29 is 14.3 Å². The summed E-state index contributed by atoms with van der Waals surface area (Å²) in [7, 11) is 0. The van der Waals surface area contributed by atoms with E-state index in [1.165, 1.54) is 4.90 Å². The van der Waals surface area contributed by atoms with Gasteiger partial charge in [0.1, 0.15) is 11.3 Å². The van der Waals surface area contributed by atoms with Crippen molar-refractivity contribution in [3.05, 3.63) is 29.3 Å². The standard InChI is InChI=1S/C19H26N2O3/c1-14-7-8-15(2)16(13-14)24-12-6-11-21-17(22)19(20-18(21)23)9-4-3-5-10-19/h7-8,13H,3-6,9-12H2,1-2H3,(H,20,23). The Morgan fingerprint density at radius 3 is 2.67 bits per heavy atom. The van der Waals surface area contributed by atoms with Crippen LogP contribution in [0.5, 0.6) is 5.75 Å². The Hall–Kier alpha value is -2.04. The normalized spacial score (nSPS) is 19.7. The highest BCUT2D eigenvalue weighted by atomic mass is 16.5. The van der Waals surface area contributed by atoms with Gasteiger partial charge in [-0.3, -0.25) is 9.69 Å². The number of hydrogen-bond donors (Lipinski definition) is 1. The van der Waals surface area contributed by atoms with Gasteiger partial charge in [0.05, 0.1) is 6.61 Å². The number of imide groups is 1. The maximum atomic E-state index is 12.7. The third-order valence-corrected chi connectivity index (χ3v) is 5.08. The second-order valence-corrected chi connectivity index (χ2v) is 7.00. The fraction of sp³-hybridized carbons (Fsp3) is 0.579. The number of rotatable bonds is 5. The second-order valence-electron chi connectivity index (χ2n) is 7.00. The Morgan fingerprint density at radius 2 is 1.92 bits per heavy atom. The molecule has 0 atom stereocenters. The van der Waals surface area contributed by atoms with E-state index in [2.05, 4.69) is 11.4 Å². The van der Waals surface area contributed by atoms with Crippen LogP contribution in [0.25, 0.3) is 0 Å². The van der Waals surface area contributed by atoms with Crippen LogP contribution in [0.1, 0.15) is 49.7 Å². The number of benzene rings is 1. The molecule has 130 valence electrons. The maximum absolute atomic E-state index is 12.7. The molecule has 24 heavy (non-hydrogen) atoms. The number of hydrogen-bond acceptors (Lipinski definition) is 3. The molecule has 1 heterocycles. The number of ether oxygens (including phenoxy) is 1. The van der Waals surface area contributed by atoms with E-state index in [0.29, 0.717) is 19.6 Å². The molecule has 1 aliphatic carbocycles. The van der Waals surface area contributed by atoms with Crippen molar-refractivity contribution in [2.75, 3.05) is 13.2 Å². The zero-order valence-corrected chi connectivity index (χ0v) is 14.6. The minimum Gasteiger partial charge on any atom is -0.493 e. The molecule has 1 N–H and O–H groups in total. The number of carbonyl (C=O) groups excluding carboxylic acids is 2. The van der Waals surface area contributed by atoms with Crippen molar-refractivity contribution in [3.8, 4) is 5.75 Å². The maximum Gasteiger partial charge on any atom is 0.325 e. The minimum absolute atomic E-state index is 0.0427. The minimum atomic E-state index is -0.622. The lowest BCUT2D eigenvalue weighted by Crippen LogP contribution is -2.48. The van der Waals surface area contributed by atoms with Gasteiger partial charge in [-0.2, -0.15) is 0 Å². The molecular formula is C19H26N2O3. The van der Waals surface area contributed by atoms with Crippen molar-refractivity contribution in [3.63, 3.8) is 0 Å². The molecule has 1 aromatic carbocycles. The van der Waals surface area contributed by atoms with Gasteiger partial charge in [0, 0.05) is 6.54 Å². The summed E-state index contributed by atoms with van der Waals surface area (Å²) in [4.78, 5) is 26.2. The van der Waals surface area contributed by atoms with E-state index < -0.39 is 5.54 Å². The summed E-state index contributed by atoms with van der Waals surface area (Å²) in [5, 5.41) is 2.94. The third-order valence-electron chi connectivity index (χ3n) is 5.08. The SMILES string of the molecule is Cc1ccc(C)c(OCCCN2C(=O)NC3(CCCCC3)C2=O)c1. The van der Waals surface area contributed by atoms with Gasteiger partial charge in [-0.15, -0.1) is 0 Å². The van der Waals surface area contributed by atoms with Crippen molar-refractivity contribution in [1.82, 2.24) is 10.2 Å². The summed E-state index contributed by atoms with van der Waals surface area (Å²) >= 11 is 0. The van der Waals surface area contributed by atoms with E-state index >= 15 is 0 Å². The highest BCUT2D eigenvalue weighted by Gasteiger charge is 2.50. The van der Waals surface area contributed by atoms with Gasteiger partial charge < -0.3 is 10.1 Å². The van der Waals surface area contributed by atoms with Crippen LogP contribution in [0.4, 0.5) is 4.79 Å². The van der Waals surface area contributed by atoms with Crippen molar-refractivity contribution in [2.45, 2.75) is 57.9 Å². The quantitative estimate of drug-likeness (QED) is 0.665. The molecule has 1 saturated carbocycles. The van der Waals surface area contributed by atoms with Crippen molar-refractivity contribution in [2.24, 2.45) is 0 Å². The van der Waals surface area contributed by atoms with E-state index in [-0.39, 0.29) is 11.9 Å². The van der Waals surface area contributed by atoms with Crippen molar-refractivity contribution >= 4 is 11.9 Å². The van der Waals surface area contributed by atoms with Crippen LogP contribution < -0.4 is 10.1 Å². The highest BCUT2D eigenvalue weighted by molar-refractivity contribution is 6.07. The fourth-order valence-electron chi connectivity index (χ4n) is 3.64. The molecule has 1 aromatic rings. The number of aryl methyl sites for hydroxylation is 2. The molecule has 2 fully saturated rings. The van der Waals surface area contributed by atoms with Crippen molar-refractivity contribution in [1.29, 1.82) is 0 Å². The first-order chi connectivity index (χ1) is 11.5. The summed E-state index contributed by atoms with van der Waals surface area (Å²) < 4.78 is 5.82. The van der Waals surface area contributed by atoms with Gasteiger partial charge in [0.2, 0.25) is 0 Å². The van der Waals surface area contributed by atoms with Gasteiger partial charge in [-0.1, -0.05) is 31.4 Å². The molecular weight excluding hydrogens is 304 g/mol. The third kappa shape index (κ3) is 3.25. The van der Waals surface area contributed by atoms with E-state index in [1.807, 2.05) is 26.0 Å². The monoisotopic (exact) mass is 330 g/mol. The zero-order valence-electron chi connectivity index (χ0n) is 14.6. The molecule has 0 aromatic heterocycles. The van der Waals surface area contributed by atoms with Crippen LogP contribution in [0, 0.1) is 13.8 Å². The molecule has 1 spiro atoms. The Morgan fingerprint density at radius 1 is 1.17 bits per heavy atom. The summed E-state index contributed by atoms with van der Waals surface area (Å²) in [5.74, 6) is 0.829. The molecule has 0 bridgehead atoms. The van der Waals surface area contributed by atoms with E-state index in [9.17, 15) is 9.59 Å². The van der Waals surface area contributed by atoms with Gasteiger partial charge >= 0.3 is 6.03 Å². The van der Waals surface area contributed by atoms with E-state index in [0.717, 1.165) is 49.0 Å². The molecule has 5 nitrogen and oxygen atoms in total. The number of amides is 3. The van der Waals surface area contributed by atoms with Gasteiger partial charge in [-0.05, 0) is 50.3 Å². The summed E-state index contributed by atoms with van der Waals surface area (Å²) in [6, 6.07) is 5.86. The molecule has 1 saturated heterocycles. The Bertz CT molecular complexity index is 635. The number of nitrogens with zero attached hydrogens (tertiary/aromatic N) is 1. The Kier molecular flexibility index (Phi) is 4.78. The number of urea groups is 1. The van der Waals surface area contributed by atoms with Gasteiger partial charge in [-0.25, -0.2) is 4.79 Å². The van der Waals surface area contributed by atoms with E-state index in [4.69, 9.17) is 4.74 Å². The lowest BCUT2D eigenvalue weighted by molar-refractivity contribution is -0.132. The van der Waals surface area contributed by atoms with Crippen LogP contribution in [-0.2, 0) is 4.79 Å². The molecule has 3 rings (SSSR count).